The Hall–Kier alpha value is -0.300. The minimum Gasteiger partial charge on any atom is -0.750 e. The largest absolute Gasteiger partial charge is 0.750 e. The van der Waals surface area contributed by atoms with Crippen molar-refractivity contribution in [2.45, 2.75) is 77.2 Å². The number of likely N-dealkylation sites (N-methyl/N-ethyl adjacent to an activating group) is 1. The molecule has 0 bridgehead atoms. The highest BCUT2D eigenvalue weighted by Gasteiger charge is 2.16. The minimum atomic E-state index is -2.56. The average molecular weight is 320 g/mol. The summed E-state index contributed by atoms with van der Waals surface area (Å²) >= 11 is -2.56. The molecule has 2 unspecified atom stereocenters. The van der Waals surface area contributed by atoms with Crippen molar-refractivity contribution in [3.8, 4) is 0 Å². The molecule has 0 spiro atoms. The molecular formula is C15H30NO4S-. The molecule has 0 aliphatic carbocycles. The Kier molecular flexibility index (Phi) is 14.4. The molecule has 0 aliphatic rings. The van der Waals surface area contributed by atoms with Gasteiger partial charge in [-0.15, -0.1) is 0 Å². The van der Waals surface area contributed by atoms with Gasteiger partial charge in [0, 0.05) is 6.42 Å². The molecule has 6 heteroatoms. The predicted molar refractivity (Wildman–Crippen MR) is 84.6 cm³/mol. The van der Waals surface area contributed by atoms with Gasteiger partial charge in [-0.1, -0.05) is 58.3 Å². The number of ketones is 1. The van der Waals surface area contributed by atoms with Crippen LogP contribution in [0.3, 0.4) is 0 Å². The zero-order valence-corrected chi connectivity index (χ0v) is 14.2. The number of hydrogen-bond acceptors (Lipinski definition) is 5. The van der Waals surface area contributed by atoms with E-state index in [-0.39, 0.29) is 12.4 Å². The fraction of sp³-hybridized carbons (Fsp3) is 0.933. The lowest BCUT2D eigenvalue weighted by Gasteiger charge is -2.15. The first-order chi connectivity index (χ1) is 10.1. The zero-order valence-electron chi connectivity index (χ0n) is 13.4. The van der Waals surface area contributed by atoms with E-state index in [9.17, 15) is 13.6 Å². The van der Waals surface area contributed by atoms with Crippen LogP contribution in [0.2, 0.25) is 0 Å². The number of carbonyl (C=O) groups excluding carboxylic acids is 1. The van der Waals surface area contributed by atoms with E-state index in [0.717, 1.165) is 12.8 Å². The van der Waals surface area contributed by atoms with Crippen LogP contribution in [0.5, 0.6) is 0 Å². The second-order valence-corrected chi connectivity index (χ2v) is 6.02. The maximum Gasteiger partial charge on any atom is 0.152 e. The van der Waals surface area contributed by atoms with Gasteiger partial charge in [-0.05, 0) is 13.5 Å². The Morgan fingerprint density at radius 2 is 1.62 bits per heavy atom. The molecule has 0 saturated heterocycles. The number of nitrogens with one attached hydrogen (secondary N) is 1. The van der Waals surface area contributed by atoms with Gasteiger partial charge in [0.15, 0.2) is 5.78 Å². The second-order valence-electron chi connectivity index (χ2n) is 5.37. The highest BCUT2D eigenvalue weighted by molar-refractivity contribution is 7.74. The maximum atomic E-state index is 11.9. The van der Waals surface area contributed by atoms with Crippen molar-refractivity contribution in [3.63, 3.8) is 0 Å². The van der Waals surface area contributed by atoms with Crippen molar-refractivity contribution in [1.29, 1.82) is 0 Å². The van der Waals surface area contributed by atoms with Gasteiger partial charge in [-0.3, -0.25) is 8.98 Å². The SMILES string of the molecule is CCCCCCCCCCCC(=O)C(COS(=O)[O-])NC. The van der Waals surface area contributed by atoms with Crippen LogP contribution < -0.4 is 5.32 Å². The zero-order chi connectivity index (χ0) is 15.9. The number of hydrogen-bond donors (Lipinski definition) is 1. The van der Waals surface area contributed by atoms with Crippen LogP contribution in [-0.4, -0.2) is 34.2 Å². The molecule has 126 valence electrons. The fourth-order valence-corrected chi connectivity index (χ4v) is 2.49. The first kappa shape index (κ1) is 20.7. The van der Waals surface area contributed by atoms with Gasteiger partial charge >= 0.3 is 0 Å². The molecule has 0 aromatic carbocycles. The third kappa shape index (κ3) is 13.1. The molecule has 0 saturated carbocycles. The maximum absolute atomic E-state index is 11.9. The van der Waals surface area contributed by atoms with E-state index < -0.39 is 17.4 Å². The number of rotatable bonds is 15. The van der Waals surface area contributed by atoms with E-state index in [4.69, 9.17) is 0 Å². The smallest absolute Gasteiger partial charge is 0.152 e. The van der Waals surface area contributed by atoms with E-state index in [0.29, 0.717) is 6.42 Å². The van der Waals surface area contributed by atoms with Crippen LogP contribution in [-0.2, 0) is 20.3 Å². The minimum absolute atomic E-state index is 0.0193. The topological polar surface area (TPSA) is 78.5 Å². The highest BCUT2D eigenvalue weighted by Crippen LogP contribution is 2.11. The summed E-state index contributed by atoms with van der Waals surface area (Å²) in [4.78, 5) is 11.9. The lowest BCUT2D eigenvalue weighted by atomic mass is 10.0. The van der Waals surface area contributed by atoms with Gasteiger partial charge in [-0.2, -0.15) is 0 Å². The summed E-state index contributed by atoms with van der Waals surface area (Å²) in [5.41, 5.74) is 0. The standard InChI is InChI=1S/C15H31NO4S/c1-3-4-5-6-7-8-9-10-11-12-15(17)14(16-2)13-20-21(18)19/h14,16H,3-13H2,1-2H3,(H,18,19)/p-1. The molecule has 0 aliphatic heterocycles. The lowest BCUT2D eigenvalue weighted by Crippen LogP contribution is -2.38. The van der Waals surface area contributed by atoms with Crippen molar-refractivity contribution >= 4 is 17.1 Å². The third-order valence-electron chi connectivity index (χ3n) is 3.59. The number of carbonyl (C=O) groups is 1. The van der Waals surface area contributed by atoms with Crippen LogP contribution in [0.1, 0.15) is 71.1 Å². The summed E-state index contributed by atoms with van der Waals surface area (Å²) < 4.78 is 25.1. The van der Waals surface area contributed by atoms with Gasteiger partial charge in [0.2, 0.25) is 0 Å². The molecule has 0 aromatic heterocycles. The summed E-state index contributed by atoms with van der Waals surface area (Å²) in [6.07, 6.45) is 11.4. The van der Waals surface area contributed by atoms with Crippen molar-refractivity contribution in [2.24, 2.45) is 0 Å². The van der Waals surface area contributed by atoms with Crippen molar-refractivity contribution in [3.05, 3.63) is 0 Å². The van der Waals surface area contributed by atoms with E-state index in [1.807, 2.05) is 0 Å². The van der Waals surface area contributed by atoms with Crippen LogP contribution in [0.25, 0.3) is 0 Å². The van der Waals surface area contributed by atoms with Gasteiger partial charge in [0.1, 0.15) is 0 Å². The van der Waals surface area contributed by atoms with Gasteiger partial charge in [-0.25, -0.2) is 4.21 Å². The summed E-state index contributed by atoms with van der Waals surface area (Å²) in [6.45, 7) is 2.10. The van der Waals surface area contributed by atoms with Crippen molar-refractivity contribution in [2.75, 3.05) is 13.7 Å². The first-order valence-electron chi connectivity index (χ1n) is 8.04. The summed E-state index contributed by atoms with van der Waals surface area (Å²) in [6, 6.07) is -0.531. The fourth-order valence-electron chi connectivity index (χ4n) is 2.24. The molecular weight excluding hydrogens is 290 g/mol. The average Bonchev–Trinajstić information content (AvgIpc) is 2.46. The predicted octanol–water partition coefficient (Wildman–Crippen LogP) is 2.88. The second kappa shape index (κ2) is 14.6. The van der Waals surface area contributed by atoms with Crippen LogP contribution in [0.15, 0.2) is 0 Å². The van der Waals surface area contributed by atoms with E-state index in [2.05, 4.69) is 16.4 Å². The van der Waals surface area contributed by atoms with E-state index in [1.54, 1.807) is 7.05 Å². The Labute approximate surface area is 131 Å². The molecule has 0 fully saturated rings. The molecule has 0 heterocycles. The quantitative estimate of drug-likeness (QED) is 0.371. The molecule has 0 aromatic rings. The number of Topliss-reactive ketones (excluding diaryl/α,β-unsaturated/α-hetero) is 1. The molecule has 0 rings (SSSR count). The molecule has 0 amide bonds. The van der Waals surface area contributed by atoms with Crippen molar-refractivity contribution in [1.82, 2.24) is 5.32 Å². The Balaban J connectivity index is 3.52. The lowest BCUT2D eigenvalue weighted by molar-refractivity contribution is -0.121. The monoisotopic (exact) mass is 320 g/mol. The molecule has 21 heavy (non-hydrogen) atoms. The van der Waals surface area contributed by atoms with Gasteiger partial charge in [0.05, 0.1) is 24.0 Å². The third-order valence-corrected chi connectivity index (χ3v) is 3.92. The van der Waals surface area contributed by atoms with Crippen molar-refractivity contribution < 1.29 is 17.7 Å². The van der Waals surface area contributed by atoms with E-state index in [1.165, 1.54) is 44.9 Å². The Morgan fingerprint density at radius 1 is 1.10 bits per heavy atom. The van der Waals surface area contributed by atoms with Gasteiger partial charge in [0.25, 0.3) is 0 Å². The molecule has 1 N–H and O–H groups in total. The molecule has 0 radical (unpaired) electrons. The summed E-state index contributed by atoms with van der Waals surface area (Å²) in [5, 5.41) is 2.79. The Morgan fingerprint density at radius 3 is 2.10 bits per heavy atom. The molecule has 2 atom stereocenters. The summed E-state index contributed by atoms with van der Waals surface area (Å²) in [5.74, 6) is 0.0193. The van der Waals surface area contributed by atoms with E-state index >= 15 is 0 Å². The van der Waals surface area contributed by atoms with Crippen LogP contribution >= 0.6 is 0 Å². The first-order valence-corrected chi connectivity index (χ1v) is 9.04. The van der Waals surface area contributed by atoms with Gasteiger partial charge < -0.3 is 9.87 Å². The van der Waals surface area contributed by atoms with Crippen LogP contribution in [0, 0.1) is 0 Å². The molecule has 5 nitrogen and oxygen atoms in total. The number of unbranched alkanes of at least 4 members (excludes halogenated alkanes) is 8. The normalized spacial score (nSPS) is 14.0. The highest BCUT2D eigenvalue weighted by atomic mass is 32.2. The van der Waals surface area contributed by atoms with Crippen LogP contribution in [0.4, 0.5) is 0 Å². The Bertz CT molecular complexity index is 287. The summed E-state index contributed by atoms with van der Waals surface area (Å²) in [7, 11) is 1.63.